The maximum absolute atomic E-state index is 5.99. The summed E-state index contributed by atoms with van der Waals surface area (Å²) in [6.45, 7) is 8.30. The highest BCUT2D eigenvalue weighted by molar-refractivity contribution is 7.99. The normalized spacial score (nSPS) is 12.8. The van der Waals surface area contributed by atoms with Crippen LogP contribution in [0, 0.1) is 5.92 Å². The molecule has 0 aromatic carbocycles. The minimum atomic E-state index is 0.0691. The molecule has 0 aliphatic carbocycles. The van der Waals surface area contributed by atoms with Crippen molar-refractivity contribution in [3.05, 3.63) is 6.33 Å². The fourth-order valence-corrected chi connectivity index (χ4v) is 2.18. The number of ether oxygens (including phenoxy) is 1. The molecule has 1 heterocycles. The second kappa shape index (κ2) is 6.69. The van der Waals surface area contributed by atoms with Gasteiger partial charge in [0.15, 0.2) is 0 Å². The molecule has 0 aliphatic heterocycles. The Morgan fingerprint density at radius 3 is 2.65 bits per heavy atom. The molecule has 96 valence electrons. The van der Waals surface area contributed by atoms with E-state index in [1.165, 1.54) is 6.33 Å². The zero-order valence-corrected chi connectivity index (χ0v) is 11.8. The van der Waals surface area contributed by atoms with Crippen LogP contribution < -0.4 is 10.5 Å². The van der Waals surface area contributed by atoms with Crippen LogP contribution in [0.5, 0.6) is 5.88 Å². The molecule has 17 heavy (non-hydrogen) atoms. The third kappa shape index (κ3) is 4.42. The van der Waals surface area contributed by atoms with Crippen molar-refractivity contribution >= 4 is 17.4 Å². The van der Waals surface area contributed by atoms with Gasteiger partial charge >= 0.3 is 0 Å². The lowest BCUT2D eigenvalue weighted by Gasteiger charge is -2.13. The van der Waals surface area contributed by atoms with Crippen LogP contribution in [0.4, 0.5) is 5.69 Å². The molecule has 0 spiro atoms. The van der Waals surface area contributed by atoms with E-state index in [0.29, 0.717) is 17.5 Å². The Balaban J connectivity index is 2.72. The third-order valence-corrected chi connectivity index (χ3v) is 3.69. The summed E-state index contributed by atoms with van der Waals surface area (Å²) in [5, 5.41) is 0.816. The van der Waals surface area contributed by atoms with Crippen molar-refractivity contribution in [1.29, 1.82) is 0 Å². The standard InChI is InChI=1S/C12H21N3OS/c1-5-9(4)6-17-12-10(13)11(14-7-15-12)16-8(2)3/h7-9H,5-6,13H2,1-4H3. The Morgan fingerprint density at radius 2 is 2.06 bits per heavy atom. The van der Waals surface area contributed by atoms with Gasteiger partial charge in [0.25, 0.3) is 0 Å². The van der Waals surface area contributed by atoms with Gasteiger partial charge in [0.1, 0.15) is 17.0 Å². The Bertz CT molecular complexity index is 358. The molecule has 0 bridgehead atoms. The van der Waals surface area contributed by atoms with Crippen molar-refractivity contribution in [2.45, 2.75) is 45.2 Å². The molecule has 0 radical (unpaired) electrons. The molecule has 4 nitrogen and oxygen atoms in total. The second-order valence-corrected chi connectivity index (χ2v) is 5.40. The van der Waals surface area contributed by atoms with Gasteiger partial charge in [-0.3, -0.25) is 0 Å². The van der Waals surface area contributed by atoms with E-state index in [4.69, 9.17) is 10.5 Å². The van der Waals surface area contributed by atoms with E-state index in [0.717, 1.165) is 17.2 Å². The topological polar surface area (TPSA) is 61.0 Å². The fourth-order valence-electron chi connectivity index (χ4n) is 1.14. The van der Waals surface area contributed by atoms with Crippen LogP contribution in [0.2, 0.25) is 0 Å². The van der Waals surface area contributed by atoms with Gasteiger partial charge < -0.3 is 10.5 Å². The first-order valence-electron chi connectivity index (χ1n) is 5.94. The van der Waals surface area contributed by atoms with Crippen molar-refractivity contribution < 1.29 is 4.74 Å². The zero-order valence-electron chi connectivity index (χ0n) is 10.9. The minimum Gasteiger partial charge on any atom is -0.473 e. The number of nitrogens with two attached hydrogens (primary N) is 1. The lowest BCUT2D eigenvalue weighted by molar-refractivity contribution is 0.233. The molecule has 1 rings (SSSR count). The maximum atomic E-state index is 5.99. The zero-order chi connectivity index (χ0) is 12.8. The predicted molar refractivity (Wildman–Crippen MR) is 72.4 cm³/mol. The molecule has 0 saturated heterocycles. The summed E-state index contributed by atoms with van der Waals surface area (Å²) in [5.74, 6) is 2.16. The number of rotatable bonds is 6. The highest BCUT2D eigenvalue weighted by Crippen LogP contribution is 2.30. The average Bonchev–Trinajstić information content (AvgIpc) is 2.29. The maximum Gasteiger partial charge on any atom is 0.241 e. The van der Waals surface area contributed by atoms with E-state index in [2.05, 4.69) is 23.8 Å². The molecule has 1 unspecified atom stereocenters. The number of hydrogen-bond donors (Lipinski definition) is 1. The smallest absolute Gasteiger partial charge is 0.241 e. The lowest BCUT2D eigenvalue weighted by Crippen LogP contribution is -2.10. The number of aromatic nitrogens is 2. The number of thioether (sulfide) groups is 1. The van der Waals surface area contributed by atoms with E-state index in [-0.39, 0.29) is 6.10 Å². The number of nitrogens with zero attached hydrogens (tertiary/aromatic N) is 2. The van der Waals surface area contributed by atoms with E-state index in [1.807, 2.05) is 13.8 Å². The Kier molecular flexibility index (Phi) is 5.55. The van der Waals surface area contributed by atoms with Crippen molar-refractivity contribution in [2.24, 2.45) is 5.92 Å². The van der Waals surface area contributed by atoms with E-state index in [9.17, 15) is 0 Å². The van der Waals surface area contributed by atoms with Crippen LogP contribution in [0.15, 0.2) is 11.4 Å². The van der Waals surface area contributed by atoms with Gasteiger partial charge in [-0.15, -0.1) is 11.8 Å². The summed E-state index contributed by atoms with van der Waals surface area (Å²) in [6, 6.07) is 0. The molecule has 0 saturated carbocycles. The molecule has 2 N–H and O–H groups in total. The first-order chi connectivity index (χ1) is 8.04. The van der Waals surface area contributed by atoms with Crippen molar-refractivity contribution in [2.75, 3.05) is 11.5 Å². The summed E-state index contributed by atoms with van der Waals surface area (Å²) >= 11 is 1.66. The van der Waals surface area contributed by atoms with Crippen LogP contribution in [-0.4, -0.2) is 21.8 Å². The number of nitrogen functional groups attached to an aromatic ring is 1. The Labute approximate surface area is 107 Å². The fraction of sp³-hybridized carbons (Fsp3) is 0.667. The average molecular weight is 255 g/mol. The molecule has 1 aromatic heterocycles. The van der Waals surface area contributed by atoms with Gasteiger partial charge in [-0.25, -0.2) is 4.98 Å². The van der Waals surface area contributed by atoms with Gasteiger partial charge in [0.2, 0.25) is 5.88 Å². The first-order valence-corrected chi connectivity index (χ1v) is 6.93. The van der Waals surface area contributed by atoms with E-state index >= 15 is 0 Å². The van der Waals surface area contributed by atoms with Gasteiger partial charge in [-0.2, -0.15) is 4.98 Å². The van der Waals surface area contributed by atoms with Crippen molar-refractivity contribution in [3.8, 4) is 5.88 Å². The van der Waals surface area contributed by atoms with Gasteiger partial charge in [-0.1, -0.05) is 20.3 Å². The minimum absolute atomic E-state index is 0.0691. The highest BCUT2D eigenvalue weighted by Gasteiger charge is 2.12. The van der Waals surface area contributed by atoms with E-state index in [1.54, 1.807) is 11.8 Å². The van der Waals surface area contributed by atoms with Gasteiger partial charge in [-0.05, 0) is 19.8 Å². The van der Waals surface area contributed by atoms with Crippen LogP contribution in [0.1, 0.15) is 34.1 Å². The van der Waals surface area contributed by atoms with E-state index < -0.39 is 0 Å². The summed E-state index contributed by atoms with van der Waals surface area (Å²) in [5.41, 5.74) is 6.54. The largest absolute Gasteiger partial charge is 0.473 e. The quantitative estimate of drug-likeness (QED) is 0.625. The number of anilines is 1. The molecule has 5 heteroatoms. The molecular weight excluding hydrogens is 234 g/mol. The Hall–Kier alpha value is -0.970. The van der Waals surface area contributed by atoms with Crippen LogP contribution in [-0.2, 0) is 0 Å². The molecule has 1 atom stereocenters. The monoisotopic (exact) mass is 255 g/mol. The van der Waals surface area contributed by atoms with Crippen molar-refractivity contribution in [1.82, 2.24) is 9.97 Å². The van der Waals surface area contributed by atoms with Gasteiger partial charge in [0.05, 0.1) is 6.10 Å². The SMILES string of the molecule is CCC(C)CSc1ncnc(OC(C)C)c1N. The summed E-state index contributed by atoms with van der Waals surface area (Å²) < 4.78 is 5.53. The van der Waals surface area contributed by atoms with Gasteiger partial charge in [0, 0.05) is 5.75 Å². The van der Waals surface area contributed by atoms with Crippen molar-refractivity contribution in [3.63, 3.8) is 0 Å². The lowest BCUT2D eigenvalue weighted by atomic mass is 10.2. The summed E-state index contributed by atoms with van der Waals surface area (Å²) in [6.07, 6.45) is 2.74. The van der Waals surface area contributed by atoms with Crippen LogP contribution in [0.25, 0.3) is 0 Å². The molecule has 0 fully saturated rings. The second-order valence-electron chi connectivity index (χ2n) is 4.39. The molecule has 1 aromatic rings. The van der Waals surface area contributed by atoms with Crippen LogP contribution in [0.3, 0.4) is 0 Å². The molecule has 0 amide bonds. The Morgan fingerprint density at radius 1 is 1.35 bits per heavy atom. The molecule has 0 aliphatic rings. The van der Waals surface area contributed by atoms with Crippen LogP contribution >= 0.6 is 11.8 Å². The summed E-state index contributed by atoms with van der Waals surface area (Å²) in [7, 11) is 0. The highest BCUT2D eigenvalue weighted by atomic mass is 32.2. The number of hydrogen-bond acceptors (Lipinski definition) is 5. The third-order valence-electron chi connectivity index (χ3n) is 2.36. The first kappa shape index (κ1) is 14.1. The predicted octanol–water partition coefficient (Wildman–Crippen LogP) is 2.98. The molecular formula is C12H21N3OS. The summed E-state index contributed by atoms with van der Waals surface area (Å²) in [4.78, 5) is 8.25.